The summed E-state index contributed by atoms with van der Waals surface area (Å²) < 4.78 is 15.0. The minimum atomic E-state index is -1.58. The third-order valence-electron chi connectivity index (χ3n) is 8.11. The number of imide groups is 1. The molecule has 18 heteroatoms. The number of ketones is 2. The predicted molar refractivity (Wildman–Crippen MR) is 204 cm³/mol. The fraction of sp³-hybridized carbons (Fsp3) is 0.590. The van der Waals surface area contributed by atoms with Crippen LogP contribution in [-0.2, 0) is 63.8 Å². The van der Waals surface area contributed by atoms with E-state index in [-0.39, 0.29) is 37.2 Å². The van der Waals surface area contributed by atoms with Gasteiger partial charge in [0.2, 0.25) is 35.3 Å². The molecule has 0 radical (unpaired) electrons. The Kier molecular flexibility index (Phi) is 19.3. The largest absolute Gasteiger partial charge is 0.463 e. The fourth-order valence-corrected chi connectivity index (χ4v) is 4.99. The first-order valence-corrected chi connectivity index (χ1v) is 18.5. The van der Waals surface area contributed by atoms with E-state index in [0.717, 1.165) is 14.0 Å². The Morgan fingerprint density at radius 1 is 0.684 bits per heavy atom. The molecule has 1 rings (SSSR count). The molecule has 0 aliphatic heterocycles. The van der Waals surface area contributed by atoms with E-state index >= 15 is 0 Å². The number of methoxy groups -OCH3 is 1. The molecule has 0 heterocycles. The molecule has 1 aromatic carbocycles. The van der Waals surface area contributed by atoms with E-state index in [1.807, 2.05) is 6.92 Å². The Labute approximate surface area is 332 Å². The molecule has 6 N–H and O–H groups in total. The number of nitrogens with one attached hydrogen (secondary N) is 4. The van der Waals surface area contributed by atoms with Gasteiger partial charge in [-0.15, -0.1) is 0 Å². The highest BCUT2D eigenvalue weighted by Gasteiger charge is 2.33. The van der Waals surface area contributed by atoms with Crippen LogP contribution in [0.1, 0.15) is 110 Å². The second kappa shape index (κ2) is 22.3. The Morgan fingerprint density at radius 2 is 1.14 bits per heavy atom. The van der Waals surface area contributed by atoms with Gasteiger partial charge in [0.25, 0.3) is 0 Å². The molecule has 0 aromatic heterocycles. The number of ether oxygens (including phenoxy) is 3. The Balaban J connectivity index is 3.40. The maximum atomic E-state index is 13.8. The molecule has 316 valence electrons. The van der Waals surface area contributed by atoms with Gasteiger partial charge >= 0.3 is 23.7 Å². The zero-order chi connectivity index (χ0) is 43.8. The Morgan fingerprint density at radius 3 is 1.58 bits per heavy atom. The van der Waals surface area contributed by atoms with Crippen molar-refractivity contribution in [3.05, 3.63) is 35.4 Å². The van der Waals surface area contributed by atoms with Crippen molar-refractivity contribution in [1.29, 1.82) is 0 Å². The number of hydrogen-bond acceptors (Lipinski definition) is 14. The summed E-state index contributed by atoms with van der Waals surface area (Å²) in [6.45, 7) is 14.6. The SMILES string of the molecule is CC[C@H](C)[C@H](N)C(=O)N[C@@H](CCC(=O)OC(C)(C)C)C(=O)N[C@@H](CCC(=O)OC(C)(C)C)C(=O)NC(=O)C(Cc1ccc(C(=O)C(=O)C(=O)OC)cc1)NC(C)=O. The van der Waals surface area contributed by atoms with Crippen molar-refractivity contribution in [1.82, 2.24) is 21.3 Å². The topological polar surface area (TPSA) is 273 Å². The standard InChI is InChI=1S/C39H57N5O13/c1-11-21(2)30(40)36(53)43-25(16-18-28(46)56-38(4,5)6)33(50)42-26(17-19-29(47)57-39(7,8)9)34(51)44-35(52)27(41-22(3)45)20-23-12-14-24(15-13-23)31(48)32(49)37(54)55-10/h12-15,21,25-27,30H,11,16-20,40H2,1-10H3,(H,41,45)(H,42,50)(H,43,53)(H,44,51,52)/t21-,25-,26-,27?,30-/m0/s1. The maximum absolute atomic E-state index is 13.8. The van der Waals surface area contributed by atoms with Gasteiger partial charge in [-0.25, -0.2) is 4.79 Å². The number of carbonyl (C=O) groups is 10. The van der Waals surface area contributed by atoms with Crippen LogP contribution in [0.2, 0.25) is 0 Å². The molecule has 1 aromatic rings. The number of rotatable bonds is 20. The monoisotopic (exact) mass is 803 g/mol. The molecule has 0 saturated heterocycles. The first-order valence-electron chi connectivity index (χ1n) is 18.5. The number of carbonyl (C=O) groups excluding carboxylic acids is 10. The van der Waals surface area contributed by atoms with Crippen molar-refractivity contribution in [3.63, 3.8) is 0 Å². The summed E-state index contributed by atoms with van der Waals surface area (Å²) in [5.41, 5.74) is 4.61. The van der Waals surface area contributed by atoms with Crippen LogP contribution in [0.15, 0.2) is 24.3 Å². The molecule has 57 heavy (non-hydrogen) atoms. The van der Waals surface area contributed by atoms with E-state index in [1.54, 1.807) is 48.5 Å². The van der Waals surface area contributed by atoms with Crippen molar-refractivity contribution in [3.8, 4) is 0 Å². The number of nitrogens with two attached hydrogens (primary N) is 1. The molecule has 0 aliphatic rings. The van der Waals surface area contributed by atoms with Crippen LogP contribution >= 0.6 is 0 Å². The van der Waals surface area contributed by atoms with Crippen LogP contribution in [0, 0.1) is 5.92 Å². The highest BCUT2D eigenvalue weighted by molar-refractivity contribution is 6.65. The highest BCUT2D eigenvalue weighted by atomic mass is 16.6. The van der Waals surface area contributed by atoms with E-state index < -0.39 is 101 Å². The lowest BCUT2D eigenvalue weighted by Gasteiger charge is -2.26. The smallest absolute Gasteiger partial charge is 0.383 e. The maximum Gasteiger partial charge on any atom is 0.383 e. The minimum absolute atomic E-state index is 0.143. The van der Waals surface area contributed by atoms with Gasteiger partial charge < -0.3 is 35.9 Å². The van der Waals surface area contributed by atoms with Gasteiger partial charge in [-0.3, -0.25) is 48.5 Å². The van der Waals surface area contributed by atoms with E-state index in [2.05, 4.69) is 26.0 Å². The summed E-state index contributed by atoms with van der Waals surface area (Å²) in [4.78, 5) is 127. The van der Waals surface area contributed by atoms with Crippen LogP contribution in [0.3, 0.4) is 0 Å². The van der Waals surface area contributed by atoms with Gasteiger partial charge in [-0.1, -0.05) is 44.5 Å². The molecule has 0 saturated carbocycles. The van der Waals surface area contributed by atoms with Gasteiger partial charge in [-0.05, 0) is 65.9 Å². The minimum Gasteiger partial charge on any atom is -0.463 e. The van der Waals surface area contributed by atoms with Gasteiger partial charge in [0.05, 0.1) is 13.2 Å². The van der Waals surface area contributed by atoms with Gasteiger partial charge in [0.15, 0.2) is 0 Å². The predicted octanol–water partition coefficient (Wildman–Crippen LogP) is 0.888. The fourth-order valence-electron chi connectivity index (χ4n) is 4.99. The molecule has 0 bridgehead atoms. The van der Waals surface area contributed by atoms with Crippen LogP contribution in [0.25, 0.3) is 0 Å². The van der Waals surface area contributed by atoms with E-state index in [4.69, 9.17) is 15.2 Å². The summed E-state index contributed by atoms with van der Waals surface area (Å²) in [5, 5.41) is 9.59. The van der Waals surface area contributed by atoms with Gasteiger partial charge in [0.1, 0.15) is 29.3 Å². The first-order chi connectivity index (χ1) is 26.3. The van der Waals surface area contributed by atoms with Gasteiger partial charge in [-0.2, -0.15) is 0 Å². The zero-order valence-electron chi connectivity index (χ0n) is 34.3. The van der Waals surface area contributed by atoms with E-state index in [0.29, 0.717) is 12.0 Å². The molecule has 5 atom stereocenters. The Bertz CT molecular complexity index is 1660. The summed E-state index contributed by atoms with van der Waals surface area (Å²) in [7, 11) is 0.947. The van der Waals surface area contributed by atoms with Crippen LogP contribution in [0.5, 0.6) is 0 Å². The number of hydrogen-bond donors (Lipinski definition) is 5. The average Bonchev–Trinajstić information content (AvgIpc) is 3.11. The molecule has 5 amide bonds. The Hall–Kier alpha value is -5.52. The van der Waals surface area contributed by atoms with E-state index in [1.165, 1.54) is 24.3 Å². The quantitative estimate of drug-likeness (QED) is 0.0403. The van der Waals surface area contributed by atoms with Crippen molar-refractivity contribution in [2.75, 3.05) is 7.11 Å². The molecule has 18 nitrogen and oxygen atoms in total. The third-order valence-corrected chi connectivity index (χ3v) is 8.11. The lowest BCUT2D eigenvalue weighted by atomic mass is 9.98. The molecule has 1 unspecified atom stereocenters. The molecule has 0 spiro atoms. The van der Waals surface area contributed by atoms with Crippen LogP contribution < -0.4 is 27.0 Å². The number of esters is 3. The van der Waals surface area contributed by atoms with Crippen LogP contribution in [-0.4, -0.2) is 101 Å². The number of Topliss-reactive ketones (excluding diaryl/α,β-unsaturated/α-hetero) is 2. The summed E-state index contributed by atoms with van der Waals surface area (Å²) in [6, 6.07) is -0.193. The second-order valence-electron chi connectivity index (χ2n) is 15.4. The number of amides is 5. The summed E-state index contributed by atoms with van der Waals surface area (Å²) in [6.07, 6.45) is -1.00. The third kappa shape index (κ3) is 18.3. The normalized spacial score (nSPS) is 13.9. The lowest BCUT2D eigenvalue weighted by molar-refractivity contribution is -0.156. The highest BCUT2D eigenvalue weighted by Crippen LogP contribution is 2.14. The van der Waals surface area contributed by atoms with Gasteiger partial charge in [0, 0.05) is 31.7 Å². The zero-order valence-corrected chi connectivity index (χ0v) is 34.3. The average molecular weight is 804 g/mol. The van der Waals surface area contributed by atoms with Crippen molar-refractivity contribution in [2.45, 2.75) is 136 Å². The number of benzene rings is 1. The second-order valence-corrected chi connectivity index (χ2v) is 15.4. The molecule has 0 aliphatic carbocycles. The molecule has 0 fully saturated rings. The van der Waals surface area contributed by atoms with Crippen LogP contribution in [0.4, 0.5) is 0 Å². The molecular weight excluding hydrogens is 746 g/mol. The van der Waals surface area contributed by atoms with E-state index in [9.17, 15) is 47.9 Å². The van der Waals surface area contributed by atoms with Crippen molar-refractivity contribution < 1.29 is 62.2 Å². The van der Waals surface area contributed by atoms with Crippen molar-refractivity contribution >= 4 is 59.0 Å². The molecular formula is C39H57N5O13. The first kappa shape index (κ1) is 49.5. The summed E-state index contributed by atoms with van der Waals surface area (Å²) >= 11 is 0. The van der Waals surface area contributed by atoms with Crippen molar-refractivity contribution in [2.24, 2.45) is 11.7 Å². The lowest BCUT2D eigenvalue weighted by Crippen LogP contribution is -2.58. The summed E-state index contributed by atoms with van der Waals surface area (Å²) in [5.74, 6) is -9.87.